The number of carbonyl (C=O) groups is 2. The van der Waals surface area contributed by atoms with Gasteiger partial charge in [0.25, 0.3) is 0 Å². The van der Waals surface area contributed by atoms with Crippen molar-refractivity contribution in [3.63, 3.8) is 0 Å². The van der Waals surface area contributed by atoms with Crippen LogP contribution in [0.3, 0.4) is 0 Å². The second-order valence-electron chi connectivity index (χ2n) is 5.43. The van der Waals surface area contributed by atoms with E-state index in [0.29, 0.717) is 26.1 Å². The molecule has 1 atom stereocenters. The fourth-order valence-electron chi connectivity index (χ4n) is 2.59. The molecule has 1 aliphatic heterocycles. The fourth-order valence-corrected chi connectivity index (χ4v) is 2.59. The zero-order valence-electron chi connectivity index (χ0n) is 12.9. The van der Waals surface area contributed by atoms with Crippen molar-refractivity contribution < 1.29 is 9.59 Å². The van der Waals surface area contributed by atoms with Gasteiger partial charge in [0.1, 0.15) is 6.04 Å². The Balaban J connectivity index is 1.99. The molecular formula is C14H23N5O2. The highest BCUT2D eigenvalue weighted by molar-refractivity contribution is 5.88. The van der Waals surface area contributed by atoms with E-state index >= 15 is 0 Å². The Morgan fingerprint density at radius 3 is 2.81 bits per heavy atom. The molecule has 1 aromatic rings. The number of likely N-dealkylation sites (N-methyl/N-ethyl adjacent to an activating group) is 2. The quantitative estimate of drug-likeness (QED) is 0.810. The van der Waals surface area contributed by atoms with E-state index in [4.69, 9.17) is 0 Å². The van der Waals surface area contributed by atoms with Crippen molar-refractivity contribution in [2.24, 2.45) is 0 Å². The van der Waals surface area contributed by atoms with E-state index in [1.165, 1.54) is 0 Å². The van der Waals surface area contributed by atoms with Crippen molar-refractivity contribution in [2.75, 3.05) is 33.7 Å². The van der Waals surface area contributed by atoms with Crippen molar-refractivity contribution in [3.05, 3.63) is 18.0 Å². The summed E-state index contributed by atoms with van der Waals surface area (Å²) in [5.74, 6) is -0.100. The summed E-state index contributed by atoms with van der Waals surface area (Å²) in [5, 5.41) is 6.82. The molecule has 0 radical (unpaired) electrons. The van der Waals surface area contributed by atoms with Gasteiger partial charge >= 0.3 is 0 Å². The number of piperazine rings is 1. The molecular weight excluding hydrogens is 270 g/mol. The van der Waals surface area contributed by atoms with Crippen LogP contribution in [-0.2, 0) is 16.1 Å². The molecule has 1 aromatic heterocycles. The van der Waals surface area contributed by atoms with Crippen LogP contribution in [0.4, 0.5) is 0 Å². The molecule has 2 heterocycles. The van der Waals surface area contributed by atoms with Gasteiger partial charge in [-0.1, -0.05) is 0 Å². The van der Waals surface area contributed by atoms with Crippen LogP contribution < -0.4 is 5.32 Å². The maximum atomic E-state index is 12.4. The predicted octanol–water partition coefficient (Wildman–Crippen LogP) is -0.530. The first-order chi connectivity index (χ1) is 10.0. The topological polar surface area (TPSA) is 70.5 Å². The lowest BCUT2D eigenvalue weighted by molar-refractivity contribution is -0.143. The van der Waals surface area contributed by atoms with Crippen LogP contribution in [0.2, 0.25) is 0 Å². The van der Waals surface area contributed by atoms with Crippen molar-refractivity contribution in [1.82, 2.24) is 24.9 Å². The number of rotatable bonds is 4. The predicted molar refractivity (Wildman–Crippen MR) is 78.6 cm³/mol. The van der Waals surface area contributed by atoms with Gasteiger partial charge in [-0.05, 0) is 20.0 Å². The number of aryl methyl sites for hydroxylation is 2. The van der Waals surface area contributed by atoms with Crippen LogP contribution in [-0.4, -0.2) is 71.2 Å². The molecule has 7 nitrogen and oxygen atoms in total. The third kappa shape index (κ3) is 3.60. The van der Waals surface area contributed by atoms with E-state index in [0.717, 1.165) is 12.2 Å². The van der Waals surface area contributed by atoms with Gasteiger partial charge in [-0.25, -0.2) is 0 Å². The van der Waals surface area contributed by atoms with Crippen molar-refractivity contribution >= 4 is 11.8 Å². The number of aromatic nitrogens is 2. The van der Waals surface area contributed by atoms with Gasteiger partial charge in [-0.2, -0.15) is 5.10 Å². The molecule has 21 heavy (non-hydrogen) atoms. The minimum Gasteiger partial charge on any atom is -0.357 e. The van der Waals surface area contributed by atoms with Crippen LogP contribution in [0.5, 0.6) is 0 Å². The van der Waals surface area contributed by atoms with Crippen LogP contribution in [0.1, 0.15) is 12.1 Å². The summed E-state index contributed by atoms with van der Waals surface area (Å²) in [4.78, 5) is 28.2. The smallest absolute Gasteiger partial charge is 0.243 e. The molecule has 7 heteroatoms. The highest BCUT2D eigenvalue weighted by Crippen LogP contribution is 2.11. The summed E-state index contributed by atoms with van der Waals surface area (Å²) >= 11 is 0. The molecule has 0 aliphatic carbocycles. The summed E-state index contributed by atoms with van der Waals surface area (Å²) in [6.07, 6.45) is 2.09. The largest absolute Gasteiger partial charge is 0.357 e. The number of hydrogen-bond donors (Lipinski definition) is 1. The normalized spacial score (nSPS) is 19.6. The Bertz CT molecular complexity index is 513. The Labute approximate surface area is 124 Å². The van der Waals surface area contributed by atoms with Gasteiger partial charge in [-0.15, -0.1) is 0 Å². The fraction of sp³-hybridized carbons (Fsp3) is 0.643. The molecule has 1 saturated heterocycles. The Morgan fingerprint density at radius 2 is 2.19 bits per heavy atom. The first-order valence-electron chi connectivity index (χ1n) is 7.21. The van der Waals surface area contributed by atoms with E-state index in [1.807, 2.05) is 24.7 Å². The van der Waals surface area contributed by atoms with E-state index in [9.17, 15) is 9.59 Å². The van der Waals surface area contributed by atoms with Crippen LogP contribution in [0.25, 0.3) is 0 Å². The Kier molecular flexibility index (Phi) is 4.95. The first kappa shape index (κ1) is 15.5. The number of nitrogens with one attached hydrogen (secondary N) is 1. The minimum atomic E-state index is -0.403. The molecule has 0 aromatic carbocycles. The molecule has 0 saturated carbocycles. The first-order valence-corrected chi connectivity index (χ1v) is 7.21. The van der Waals surface area contributed by atoms with E-state index < -0.39 is 6.04 Å². The molecule has 1 N–H and O–H groups in total. The van der Waals surface area contributed by atoms with E-state index in [1.54, 1.807) is 18.1 Å². The second kappa shape index (κ2) is 6.71. The van der Waals surface area contributed by atoms with Crippen LogP contribution in [0, 0.1) is 6.92 Å². The van der Waals surface area contributed by atoms with Gasteiger partial charge in [0, 0.05) is 51.5 Å². The molecule has 2 rings (SSSR count). The molecule has 1 fully saturated rings. The molecule has 2 amide bonds. The number of carbonyl (C=O) groups excluding carboxylic acids is 2. The lowest BCUT2D eigenvalue weighted by atomic mass is 10.1. The van der Waals surface area contributed by atoms with Crippen molar-refractivity contribution in [1.29, 1.82) is 0 Å². The van der Waals surface area contributed by atoms with Crippen LogP contribution in [0.15, 0.2) is 12.3 Å². The van der Waals surface area contributed by atoms with Crippen molar-refractivity contribution in [2.45, 2.75) is 25.9 Å². The molecule has 1 aliphatic rings. The summed E-state index contributed by atoms with van der Waals surface area (Å²) in [5.41, 5.74) is 1.03. The number of nitrogens with zero attached hydrogens (tertiary/aromatic N) is 4. The summed E-state index contributed by atoms with van der Waals surface area (Å²) in [6.45, 7) is 4.46. The Hall–Kier alpha value is -1.89. The van der Waals surface area contributed by atoms with Crippen molar-refractivity contribution in [3.8, 4) is 0 Å². The maximum absolute atomic E-state index is 12.4. The molecule has 0 spiro atoms. The van der Waals surface area contributed by atoms with E-state index in [-0.39, 0.29) is 11.8 Å². The second-order valence-corrected chi connectivity index (χ2v) is 5.43. The van der Waals surface area contributed by atoms with E-state index in [2.05, 4.69) is 15.3 Å². The summed E-state index contributed by atoms with van der Waals surface area (Å²) in [6, 6.07) is 1.51. The third-order valence-corrected chi connectivity index (χ3v) is 3.92. The Morgan fingerprint density at radius 1 is 1.43 bits per heavy atom. The molecule has 1 unspecified atom stereocenters. The summed E-state index contributed by atoms with van der Waals surface area (Å²) < 4.78 is 1.81. The minimum absolute atomic E-state index is 0.00611. The lowest BCUT2D eigenvalue weighted by Crippen LogP contribution is -2.59. The zero-order chi connectivity index (χ0) is 15.4. The lowest BCUT2D eigenvalue weighted by Gasteiger charge is -2.38. The number of hydrogen-bond acceptors (Lipinski definition) is 4. The van der Waals surface area contributed by atoms with Gasteiger partial charge in [0.05, 0.1) is 0 Å². The monoisotopic (exact) mass is 293 g/mol. The highest BCUT2D eigenvalue weighted by atomic mass is 16.2. The maximum Gasteiger partial charge on any atom is 0.243 e. The molecule has 116 valence electrons. The average molecular weight is 293 g/mol. The van der Waals surface area contributed by atoms with Gasteiger partial charge in [0.15, 0.2) is 0 Å². The summed E-state index contributed by atoms with van der Waals surface area (Å²) in [7, 11) is 3.57. The zero-order valence-corrected chi connectivity index (χ0v) is 12.9. The standard InChI is InChI=1S/C14H23N5O2/c1-11-4-6-16-19(11)7-5-13(20)18-9-8-17(3)10-12(18)14(21)15-2/h4,6,12H,5,7-10H2,1-3H3,(H,15,21). The van der Waals surface area contributed by atoms with Gasteiger partial charge < -0.3 is 15.1 Å². The SMILES string of the molecule is CNC(=O)C1CN(C)CCN1C(=O)CCn1nccc1C. The number of amides is 2. The highest BCUT2D eigenvalue weighted by Gasteiger charge is 2.33. The third-order valence-electron chi connectivity index (χ3n) is 3.92. The molecule has 0 bridgehead atoms. The average Bonchev–Trinajstić information content (AvgIpc) is 2.89. The van der Waals surface area contributed by atoms with Crippen LogP contribution >= 0.6 is 0 Å². The van der Waals surface area contributed by atoms with Gasteiger partial charge in [-0.3, -0.25) is 14.3 Å². The van der Waals surface area contributed by atoms with Gasteiger partial charge in [0.2, 0.25) is 11.8 Å².